The van der Waals surface area contributed by atoms with Crippen LogP contribution in [-0.2, 0) is 0 Å². The van der Waals surface area contributed by atoms with Crippen LogP contribution in [0.3, 0.4) is 0 Å². The first kappa shape index (κ1) is 9.44. The topological polar surface area (TPSA) is 77.1 Å². The van der Waals surface area contributed by atoms with Gasteiger partial charge < -0.3 is 10.0 Å². The van der Waals surface area contributed by atoms with Crippen LogP contribution in [0.15, 0.2) is 12.3 Å². The average Bonchev–Trinajstić information content (AvgIpc) is 2.05. The molecular formula is C6H4BIN2O2. The van der Waals surface area contributed by atoms with Crippen molar-refractivity contribution in [3.8, 4) is 6.07 Å². The summed E-state index contributed by atoms with van der Waals surface area (Å²) in [4.78, 5) is 3.82. The van der Waals surface area contributed by atoms with Gasteiger partial charge in [0.1, 0.15) is 9.77 Å². The van der Waals surface area contributed by atoms with Crippen molar-refractivity contribution in [3.63, 3.8) is 0 Å². The number of halogens is 1. The normalized spacial score (nSPS) is 9.17. The molecule has 2 N–H and O–H groups in total. The van der Waals surface area contributed by atoms with Gasteiger partial charge in [-0.3, -0.25) is 0 Å². The SMILES string of the molecule is N#Cc1cc(B(O)O)cnc1I. The van der Waals surface area contributed by atoms with Crippen LogP contribution in [0.2, 0.25) is 0 Å². The van der Waals surface area contributed by atoms with Gasteiger partial charge in [0.05, 0.1) is 5.56 Å². The van der Waals surface area contributed by atoms with E-state index in [0.717, 1.165) is 0 Å². The summed E-state index contributed by atoms with van der Waals surface area (Å²) in [5.41, 5.74) is 0.577. The van der Waals surface area contributed by atoms with E-state index in [1.54, 1.807) is 0 Å². The zero-order chi connectivity index (χ0) is 9.14. The molecular weight excluding hydrogens is 270 g/mol. The predicted molar refractivity (Wildman–Crippen MR) is 51.5 cm³/mol. The van der Waals surface area contributed by atoms with Crippen LogP contribution in [-0.4, -0.2) is 22.2 Å². The van der Waals surface area contributed by atoms with Gasteiger partial charge in [-0.25, -0.2) is 4.98 Å². The predicted octanol–water partition coefficient (Wildman–Crippen LogP) is -0.762. The van der Waals surface area contributed by atoms with Crippen molar-refractivity contribution in [2.75, 3.05) is 0 Å². The van der Waals surface area contributed by atoms with E-state index < -0.39 is 7.12 Å². The Balaban J connectivity index is 3.16. The maximum absolute atomic E-state index is 8.74. The Morgan fingerprint density at radius 1 is 1.58 bits per heavy atom. The molecule has 0 saturated carbocycles. The smallest absolute Gasteiger partial charge is 0.423 e. The van der Waals surface area contributed by atoms with Crippen LogP contribution in [0.5, 0.6) is 0 Å². The molecule has 0 aliphatic rings. The number of pyridine rings is 1. The Labute approximate surface area is 83.2 Å². The molecule has 0 aliphatic carbocycles. The van der Waals surface area contributed by atoms with Gasteiger partial charge in [0.2, 0.25) is 0 Å². The van der Waals surface area contributed by atoms with Gasteiger partial charge in [-0.05, 0) is 28.7 Å². The monoisotopic (exact) mass is 274 g/mol. The van der Waals surface area contributed by atoms with Crippen LogP contribution in [0, 0.1) is 15.0 Å². The summed E-state index contributed by atoms with van der Waals surface area (Å²) in [5.74, 6) is 0. The highest BCUT2D eigenvalue weighted by Gasteiger charge is 2.13. The molecule has 1 heterocycles. The van der Waals surface area contributed by atoms with Crippen molar-refractivity contribution in [2.45, 2.75) is 0 Å². The summed E-state index contributed by atoms with van der Waals surface area (Å²) in [5, 5.41) is 26.0. The Morgan fingerprint density at radius 3 is 2.75 bits per heavy atom. The number of hydrogen-bond acceptors (Lipinski definition) is 4. The lowest BCUT2D eigenvalue weighted by Crippen LogP contribution is -2.30. The Kier molecular flexibility index (Phi) is 3.02. The first-order valence-corrected chi connectivity index (χ1v) is 4.14. The molecule has 0 aromatic carbocycles. The molecule has 0 saturated heterocycles. The molecule has 1 aromatic heterocycles. The van der Waals surface area contributed by atoms with E-state index in [1.807, 2.05) is 28.7 Å². The molecule has 6 heteroatoms. The molecule has 0 bridgehead atoms. The van der Waals surface area contributed by atoms with Crippen LogP contribution >= 0.6 is 22.6 Å². The fourth-order valence-electron chi connectivity index (χ4n) is 0.684. The lowest BCUT2D eigenvalue weighted by atomic mass is 9.81. The summed E-state index contributed by atoms with van der Waals surface area (Å²) in [6.45, 7) is 0. The van der Waals surface area contributed by atoms with E-state index >= 15 is 0 Å². The van der Waals surface area contributed by atoms with Crippen molar-refractivity contribution in [2.24, 2.45) is 0 Å². The summed E-state index contributed by atoms with van der Waals surface area (Å²) in [6, 6.07) is 3.30. The highest BCUT2D eigenvalue weighted by atomic mass is 127. The molecule has 12 heavy (non-hydrogen) atoms. The van der Waals surface area contributed by atoms with Crippen molar-refractivity contribution in [1.82, 2.24) is 4.98 Å². The van der Waals surface area contributed by atoms with Gasteiger partial charge in [0.15, 0.2) is 0 Å². The highest BCUT2D eigenvalue weighted by molar-refractivity contribution is 14.1. The van der Waals surface area contributed by atoms with Crippen LogP contribution in [0.25, 0.3) is 0 Å². The van der Waals surface area contributed by atoms with E-state index in [-0.39, 0.29) is 5.46 Å². The average molecular weight is 274 g/mol. The Morgan fingerprint density at radius 2 is 2.25 bits per heavy atom. The minimum absolute atomic E-state index is 0.229. The summed E-state index contributed by atoms with van der Waals surface area (Å²) in [6.07, 6.45) is 1.33. The van der Waals surface area contributed by atoms with Gasteiger partial charge in [-0.2, -0.15) is 5.26 Å². The molecule has 4 nitrogen and oxygen atoms in total. The minimum Gasteiger partial charge on any atom is -0.423 e. The third-order valence-electron chi connectivity index (χ3n) is 1.28. The molecule has 60 valence electrons. The van der Waals surface area contributed by atoms with Gasteiger partial charge in [-0.15, -0.1) is 0 Å². The lowest BCUT2D eigenvalue weighted by molar-refractivity contribution is 0.425. The summed E-state index contributed by atoms with van der Waals surface area (Å²) in [7, 11) is -1.57. The van der Waals surface area contributed by atoms with E-state index in [2.05, 4.69) is 4.98 Å². The van der Waals surface area contributed by atoms with Gasteiger partial charge >= 0.3 is 7.12 Å². The second-order valence-corrected chi connectivity index (χ2v) is 3.11. The third-order valence-corrected chi connectivity index (χ3v) is 2.14. The molecule has 1 aromatic rings. The zero-order valence-corrected chi connectivity index (χ0v) is 8.06. The summed E-state index contributed by atoms with van der Waals surface area (Å²) < 4.78 is 0.555. The van der Waals surface area contributed by atoms with Crippen LogP contribution in [0.4, 0.5) is 0 Å². The summed E-state index contributed by atoms with van der Waals surface area (Å²) >= 11 is 1.90. The zero-order valence-electron chi connectivity index (χ0n) is 5.90. The molecule has 0 radical (unpaired) electrons. The number of nitrogens with zero attached hydrogens (tertiary/aromatic N) is 2. The fourth-order valence-corrected chi connectivity index (χ4v) is 1.10. The largest absolute Gasteiger partial charge is 0.490 e. The van der Waals surface area contributed by atoms with Gasteiger partial charge in [-0.1, -0.05) is 0 Å². The Hall–Kier alpha value is -0.645. The molecule has 0 unspecified atom stereocenters. The molecule has 0 fully saturated rings. The highest BCUT2D eigenvalue weighted by Crippen LogP contribution is 2.04. The molecule has 0 spiro atoms. The Bertz CT molecular complexity index is 337. The van der Waals surface area contributed by atoms with Gasteiger partial charge in [0.25, 0.3) is 0 Å². The molecule has 0 aliphatic heterocycles. The number of nitriles is 1. The second kappa shape index (κ2) is 3.84. The van der Waals surface area contributed by atoms with E-state index in [1.165, 1.54) is 12.3 Å². The van der Waals surface area contributed by atoms with E-state index in [9.17, 15) is 0 Å². The quantitative estimate of drug-likeness (QED) is 0.401. The molecule has 1 rings (SSSR count). The van der Waals surface area contributed by atoms with E-state index in [0.29, 0.717) is 9.26 Å². The van der Waals surface area contributed by atoms with Crippen molar-refractivity contribution < 1.29 is 10.0 Å². The number of aromatic nitrogens is 1. The van der Waals surface area contributed by atoms with Crippen molar-refractivity contribution in [1.29, 1.82) is 5.26 Å². The molecule has 0 atom stereocenters. The minimum atomic E-state index is -1.57. The number of hydrogen-bond donors (Lipinski definition) is 2. The van der Waals surface area contributed by atoms with E-state index in [4.69, 9.17) is 15.3 Å². The maximum Gasteiger partial charge on any atom is 0.490 e. The van der Waals surface area contributed by atoms with Crippen molar-refractivity contribution >= 4 is 35.2 Å². The first-order chi connectivity index (χ1) is 5.65. The third kappa shape index (κ3) is 1.94. The van der Waals surface area contributed by atoms with Gasteiger partial charge in [0, 0.05) is 11.7 Å². The van der Waals surface area contributed by atoms with Crippen LogP contribution < -0.4 is 5.46 Å². The molecule has 0 amide bonds. The lowest BCUT2D eigenvalue weighted by Gasteiger charge is -1.99. The van der Waals surface area contributed by atoms with Crippen molar-refractivity contribution in [3.05, 3.63) is 21.5 Å². The standard InChI is InChI=1S/C6H4BIN2O2/c8-6-4(2-9)1-5(3-10-6)7(11)12/h1,3,11-12H. The maximum atomic E-state index is 8.74. The van der Waals surface area contributed by atoms with Crippen LogP contribution in [0.1, 0.15) is 5.56 Å². The second-order valence-electron chi connectivity index (χ2n) is 2.09. The first-order valence-electron chi connectivity index (χ1n) is 3.07. The number of rotatable bonds is 1. The fraction of sp³-hybridized carbons (Fsp3) is 0.